The Balaban J connectivity index is 1.42. The van der Waals surface area contributed by atoms with E-state index >= 15 is 0 Å². The van der Waals surface area contributed by atoms with Crippen molar-refractivity contribution in [3.05, 3.63) is 78.8 Å². The van der Waals surface area contributed by atoms with Gasteiger partial charge in [-0.2, -0.15) is 0 Å². The minimum Gasteiger partial charge on any atom is -0.440 e. The zero-order valence-corrected chi connectivity index (χ0v) is 15.8. The van der Waals surface area contributed by atoms with Gasteiger partial charge in [0.05, 0.1) is 16.8 Å². The number of sulfonamides is 1. The summed E-state index contributed by atoms with van der Waals surface area (Å²) in [5.74, 6) is 1.87. The number of oxazole rings is 1. The van der Waals surface area contributed by atoms with E-state index in [1.165, 1.54) is 0 Å². The Morgan fingerprint density at radius 1 is 0.929 bits per heavy atom. The molecular weight excluding hydrogens is 372 g/mol. The summed E-state index contributed by atoms with van der Waals surface area (Å²) in [5.41, 5.74) is 1.37. The largest absolute Gasteiger partial charge is 0.440 e. The Morgan fingerprint density at radius 3 is 2.46 bits per heavy atom. The van der Waals surface area contributed by atoms with Crippen LogP contribution in [0.3, 0.4) is 0 Å². The fourth-order valence-corrected chi connectivity index (χ4v) is 4.34. The average molecular weight is 390 g/mol. The number of benzene rings is 3. The van der Waals surface area contributed by atoms with Crippen LogP contribution < -0.4 is 4.72 Å². The first-order chi connectivity index (χ1) is 13.6. The molecule has 5 rings (SSSR count). The molecule has 1 aliphatic rings. The van der Waals surface area contributed by atoms with Gasteiger partial charge in [-0.1, -0.05) is 36.4 Å². The maximum atomic E-state index is 12.8. The molecule has 0 saturated heterocycles. The quantitative estimate of drug-likeness (QED) is 0.510. The van der Waals surface area contributed by atoms with Gasteiger partial charge < -0.3 is 4.42 Å². The van der Waals surface area contributed by atoms with Crippen LogP contribution in [0.1, 0.15) is 24.7 Å². The summed E-state index contributed by atoms with van der Waals surface area (Å²) in [7, 11) is -3.70. The molecule has 28 heavy (non-hydrogen) atoms. The Kier molecular flexibility index (Phi) is 3.94. The van der Waals surface area contributed by atoms with Crippen LogP contribution in [0.25, 0.3) is 22.1 Å². The molecule has 140 valence electrons. The fraction of sp³-hybridized carbons (Fsp3) is 0.136. The van der Waals surface area contributed by atoms with Crippen LogP contribution >= 0.6 is 0 Å². The smallest absolute Gasteiger partial charge is 0.261 e. The molecule has 0 spiro atoms. The topological polar surface area (TPSA) is 72.2 Å². The maximum Gasteiger partial charge on any atom is 0.261 e. The maximum absolute atomic E-state index is 12.8. The molecule has 0 bridgehead atoms. The lowest BCUT2D eigenvalue weighted by molar-refractivity contribution is 0.509. The molecule has 5 nitrogen and oxygen atoms in total. The second kappa shape index (κ2) is 6.49. The second-order valence-corrected chi connectivity index (χ2v) is 8.68. The molecule has 0 unspecified atom stereocenters. The summed E-state index contributed by atoms with van der Waals surface area (Å²) in [4.78, 5) is 4.51. The zero-order valence-electron chi connectivity index (χ0n) is 15.0. The van der Waals surface area contributed by atoms with Crippen LogP contribution in [0.2, 0.25) is 0 Å². The lowest BCUT2D eigenvalue weighted by Crippen LogP contribution is -2.13. The molecule has 0 amide bonds. The number of hydrogen-bond donors (Lipinski definition) is 1. The van der Waals surface area contributed by atoms with Crippen molar-refractivity contribution >= 4 is 26.5 Å². The highest BCUT2D eigenvalue weighted by atomic mass is 32.2. The van der Waals surface area contributed by atoms with E-state index in [1.54, 1.807) is 36.5 Å². The Bertz CT molecular complexity index is 1250. The summed E-state index contributed by atoms with van der Waals surface area (Å²) in [6.45, 7) is 0. The summed E-state index contributed by atoms with van der Waals surface area (Å²) >= 11 is 0. The van der Waals surface area contributed by atoms with Gasteiger partial charge in [0.25, 0.3) is 10.0 Å². The molecule has 4 aromatic rings. The predicted molar refractivity (Wildman–Crippen MR) is 109 cm³/mol. The van der Waals surface area contributed by atoms with E-state index in [9.17, 15) is 8.42 Å². The van der Waals surface area contributed by atoms with Crippen molar-refractivity contribution in [3.63, 3.8) is 0 Å². The third-order valence-corrected chi connectivity index (χ3v) is 6.31. The molecule has 1 aliphatic carbocycles. The number of nitrogens with zero attached hydrogens (tertiary/aromatic N) is 1. The number of aromatic nitrogens is 1. The molecule has 1 saturated carbocycles. The van der Waals surface area contributed by atoms with Gasteiger partial charge in [0.1, 0.15) is 0 Å². The normalized spacial score (nSPS) is 14.3. The summed E-state index contributed by atoms with van der Waals surface area (Å²) < 4.78 is 34.2. The van der Waals surface area contributed by atoms with Crippen LogP contribution in [0, 0.1) is 0 Å². The minimum atomic E-state index is -3.70. The molecule has 1 fully saturated rings. The first-order valence-corrected chi connectivity index (χ1v) is 10.7. The molecule has 3 aromatic carbocycles. The van der Waals surface area contributed by atoms with Crippen molar-refractivity contribution in [1.82, 2.24) is 4.98 Å². The minimum absolute atomic E-state index is 0.200. The summed E-state index contributed by atoms with van der Waals surface area (Å²) in [6, 6.07) is 19.9. The highest BCUT2D eigenvalue weighted by molar-refractivity contribution is 7.92. The average Bonchev–Trinajstić information content (AvgIpc) is 3.45. The van der Waals surface area contributed by atoms with E-state index in [-0.39, 0.29) is 4.90 Å². The van der Waals surface area contributed by atoms with Gasteiger partial charge in [-0.05, 0) is 48.6 Å². The molecule has 6 heteroatoms. The number of rotatable bonds is 5. The van der Waals surface area contributed by atoms with Gasteiger partial charge in [-0.25, -0.2) is 13.4 Å². The van der Waals surface area contributed by atoms with E-state index < -0.39 is 10.0 Å². The van der Waals surface area contributed by atoms with Gasteiger partial charge in [0.2, 0.25) is 0 Å². The van der Waals surface area contributed by atoms with E-state index in [4.69, 9.17) is 4.42 Å². The van der Waals surface area contributed by atoms with Crippen LogP contribution in [0.5, 0.6) is 0 Å². The second-order valence-electron chi connectivity index (χ2n) is 6.99. The van der Waals surface area contributed by atoms with Gasteiger partial charge in [-0.3, -0.25) is 4.72 Å². The van der Waals surface area contributed by atoms with E-state index in [0.717, 1.165) is 35.1 Å². The summed E-state index contributed by atoms with van der Waals surface area (Å²) in [5, 5.41) is 1.84. The first kappa shape index (κ1) is 17.0. The number of nitrogens with one attached hydrogen (secondary N) is 1. The molecule has 1 aromatic heterocycles. The lowest BCUT2D eigenvalue weighted by Gasteiger charge is -2.11. The molecule has 1 N–H and O–H groups in total. The lowest BCUT2D eigenvalue weighted by atomic mass is 10.1. The van der Waals surface area contributed by atoms with Gasteiger partial charge in [-0.15, -0.1) is 0 Å². The molecule has 0 aliphatic heterocycles. The van der Waals surface area contributed by atoms with E-state index in [1.807, 2.05) is 36.4 Å². The Hall–Kier alpha value is -3.12. The van der Waals surface area contributed by atoms with Crippen molar-refractivity contribution in [2.45, 2.75) is 23.7 Å². The highest BCUT2D eigenvalue weighted by Crippen LogP contribution is 2.40. The van der Waals surface area contributed by atoms with Crippen molar-refractivity contribution < 1.29 is 12.8 Å². The van der Waals surface area contributed by atoms with Gasteiger partial charge in [0, 0.05) is 16.9 Å². The Morgan fingerprint density at radius 2 is 1.68 bits per heavy atom. The van der Waals surface area contributed by atoms with E-state index in [2.05, 4.69) is 9.71 Å². The molecule has 0 radical (unpaired) electrons. The van der Waals surface area contributed by atoms with Gasteiger partial charge in [0.15, 0.2) is 11.7 Å². The first-order valence-electron chi connectivity index (χ1n) is 9.17. The molecular formula is C22H18N2O3S. The SMILES string of the molecule is O=S(=O)(Nc1cccc2ccccc12)c1ccc(-c2cnc(C3CC3)o2)cc1. The highest BCUT2D eigenvalue weighted by Gasteiger charge is 2.28. The van der Waals surface area contributed by atoms with Crippen LogP contribution in [0.4, 0.5) is 5.69 Å². The van der Waals surface area contributed by atoms with Crippen LogP contribution in [-0.2, 0) is 10.0 Å². The van der Waals surface area contributed by atoms with Crippen molar-refractivity contribution in [2.24, 2.45) is 0 Å². The summed E-state index contributed by atoms with van der Waals surface area (Å²) in [6.07, 6.45) is 3.94. The monoisotopic (exact) mass is 390 g/mol. The molecule has 0 atom stereocenters. The van der Waals surface area contributed by atoms with Crippen molar-refractivity contribution in [2.75, 3.05) is 4.72 Å². The van der Waals surface area contributed by atoms with Crippen LogP contribution in [-0.4, -0.2) is 13.4 Å². The standard InChI is InChI=1S/C22H18N2O3S/c25-28(26,24-20-7-3-5-15-4-1-2-6-19(15)20)18-12-10-16(11-13-18)21-14-23-22(27-21)17-8-9-17/h1-7,10-14,17,24H,8-9H2. The van der Waals surface area contributed by atoms with Crippen LogP contribution in [0.15, 0.2) is 82.2 Å². The fourth-order valence-electron chi connectivity index (χ4n) is 3.26. The third-order valence-electron chi connectivity index (χ3n) is 4.93. The number of anilines is 1. The zero-order chi connectivity index (χ0) is 19.1. The van der Waals surface area contributed by atoms with Gasteiger partial charge >= 0.3 is 0 Å². The van der Waals surface area contributed by atoms with Crippen molar-refractivity contribution in [1.29, 1.82) is 0 Å². The predicted octanol–water partition coefficient (Wildman–Crippen LogP) is 5.17. The Labute approximate surface area is 163 Å². The number of fused-ring (bicyclic) bond motifs is 1. The third kappa shape index (κ3) is 3.16. The number of hydrogen-bond acceptors (Lipinski definition) is 4. The molecule has 1 heterocycles. The van der Waals surface area contributed by atoms with Crippen molar-refractivity contribution in [3.8, 4) is 11.3 Å². The van der Waals surface area contributed by atoms with E-state index in [0.29, 0.717) is 17.4 Å².